The highest BCUT2D eigenvalue weighted by molar-refractivity contribution is 5.94. The Bertz CT molecular complexity index is 343. The van der Waals surface area contributed by atoms with Crippen LogP contribution < -0.4 is 11.1 Å². The first-order valence-corrected chi connectivity index (χ1v) is 7.82. The van der Waals surface area contributed by atoms with Crippen molar-refractivity contribution in [2.45, 2.75) is 71.3 Å². The predicted octanol–water partition coefficient (Wildman–Crippen LogP) is 2.62. The molecule has 5 nitrogen and oxygen atoms in total. The van der Waals surface area contributed by atoms with E-state index >= 15 is 0 Å². The number of nitrogens with two attached hydrogens (primary N) is 1. The number of amides is 1. The molecule has 0 bridgehead atoms. The Morgan fingerprint density at radius 1 is 1.35 bits per heavy atom. The van der Waals surface area contributed by atoms with Crippen LogP contribution in [0.2, 0.25) is 0 Å². The highest BCUT2D eigenvalue weighted by atomic mass is 16.4. The Morgan fingerprint density at radius 2 is 1.90 bits per heavy atom. The first-order chi connectivity index (χ1) is 9.52. The molecule has 0 aliphatic heterocycles. The number of oxime groups is 1. The van der Waals surface area contributed by atoms with Crippen LogP contribution in [-0.2, 0) is 4.79 Å². The Balaban J connectivity index is 2.83. The number of carbonyl (C=O) groups is 1. The van der Waals surface area contributed by atoms with Gasteiger partial charge in [-0.15, -0.1) is 0 Å². The number of hydrogen-bond donors (Lipinski definition) is 3. The molecule has 1 fully saturated rings. The Kier molecular flexibility index (Phi) is 6.30. The molecule has 1 amide bonds. The van der Waals surface area contributed by atoms with Crippen molar-refractivity contribution in [3.63, 3.8) is 0 Å². The van der Waals surface area contributed by atoms with E-state index in [1.54, 1.807) is 0 Å². The van der Waals surface area contributed by atoms with E-state index < -0.39 is 5.54 Å². The van der Waals surface area contributed by atoms with Crippen LogP contribution in [0.15, 0.2) is 5.16 Å². The van der Waals surface area contributed by atoms with Gasteiger partial charge in [-0.3, -0.25) is 4.79 Å². The van der Waals surface area contributed by atoms with Crippen molar-refractivity contribution in [3.8, 4) is 0 Å². The monoisotopic (exact) mass is 283 g/mol. The van der Waals surface area contributed by atoms with Gasteiger partial charge in [-0.25, -0.2) is 0 Å². The van der Waals surface area contributed by atoms with Crippen LogP contribution in [0, 0.1) is 11.8 Å². The Morgan fingerprint density at radius 3 is 2.30 bits per heavy atom. The third kappa shape index (κ3) is 3.64. The van der Waals surface area contributed by atoms with Crippen molar-refractivity contribution in [1.82, 2.24) is 5.32 Å². The van der Waals surface area contributed by atoms with Gasteiger partial charge in [0.05, 0.1) is 0 Å². The maximum absolute atomic E-state index is 12.3. The van der Waals surface area contributed by atoms with Gasteiger partial charge < -0.3 is 16.3 Å². The molecule has 0 heterocycles. The van der Waals surface area contributed by atoms with Crippen molar-refractivity contribution in [1.29, 1.82) is 0 Å². The third-order valence-corrected chi connectivity index (χ3v) is 4.85. The van der Waals surface area contributed by atoms with Crippen LogP contribution in [0.5, 0.6) is 0 Å². The summed E-state index contributed by atoms with van der Waals surface area (Å²) in [5.74, 6) is 0.852. The fourth-order valence-electron chi connectivity index (χ4n) is 3.12. The van der Waals surface area contributed by atoms with E-state index in [-0.39, 0.29) is 17.7 Å². The number of carbonyl (C=O) groups excluding carboxylic acids is 1. The summed E-state index contributed by atoms with van der Waals surface area (Å²) in [6, 6.07) is 0. The topological polar surface area (TPSA) is 87.7 Å². The van der Waals surface area contributed by atoms with Crippen LogP contribution >= 0.6 is 0 Å². The van der Waals surface area contributed by atoms with E-state index in [1.807, 2.05) is 13.8 Å². The second kappa shape index (κ2) is 7.50. The zero-order valence-corrected chi connectivity index (χ0v) is 13.0. The quantitative estimate of drug-likeness (QED) is 0.303. The zero-order chi connectivity index (χ0) is 15.2. The summed E-state index contributed by atoms with van der Waals surface area (Å²) < 4.78 is 0. The molecule has 1 rings (SSSR count). The second-order valence-electron chi connectivity index (χ2n) is 5.92. The summed E-state index contributed by atoms with van der Waals surface area (Å²) in [5.41, 5.74) is 5.23. The standard InChI is InChI=1S/C15H29N3O2/c1-4-11-7-9-15(10-8-11,14(16)18-20)17-13(19)12(5-2)6-3/h11-12,20H,4-10H2,1-3H3,(H2,16,18)(H,17,19). The Hall–Kier alpha value is -1.26. The van der Waals surface area contributed by atoms with Crippen LogP contribution in [0.3, 0.4) is 0 Å². The molecule has 0 aromatic carbocycles. The van der Waals surface area contributed by atoms with Gasteiger partial charge in [0.25, 0.3) is 0 Å². The fraction of sp³-hybridized carbons (Fsp3) is 0.867. The number of hydrogen-bond acceptors (Lipinski definition) is 3. The molecule has 0 unspecified atom stereocenters. The minimum atomic E-state index is -0.653. The maximum Gasteiger partial charge on any atom is 0.223 e. The van der Waals surface area contributed by atoms with E-state index in [4.69, 9.17) is 10.9 Å². The van der Waals surface area contributed by atoms with Crippen molar-refractivity contribution >= 4 is 11.7 Å². The van der Waals surface area contributed by atoms with E-state index in [2.05, 4.69) is 17.4 Å². The van der Waals surface area contributed by atoms with Gasteiger partial charge in [0, 0.05) is 5.92 Å². The summed E-state index contributed by atoms with van der Waals surface area (Å²) in [5, 5.41) is 15.3. The molecule has 0 radical (unpaired) electrons. The molecule has 20 heavy (non-hydrogen) atoms. The van der Waals surface area contributed by atoms with E-state index in [0.717, 1.165) is 44.9 Å². The molecular weight excluding hydrogens is 254 g/mol. The van der Waals surface area contributed by atoms with Gasteiger partial charge >= 0.3 is 0 Å². The molecule has 0 aromatic rings. The molecule has 1 aliphatic carbocycles. The highest BCUT2D eigenvalue weighted by Crippen LogP contribution is 2.34. The van der Waals surface area contributed by atoms with Crippen LogP contribution in [-0.4, -0.2) is 22.5 Å². The average molecular weight is 283 g/mol. The third-order valence-electron chi connectivity index (χ3n) is 4.85. The van der Waals surface area contributed by atoms with Gasteiger partial charge in [-0.2, -0.15) is 0 Å². The van der Waals surface area contributed by atoms with E-state index in [0.29, 0.717) is 5.92 Å². The minimum Gasteiger partial charge on any atom is -0.409 e. The molecule has 5 heteroatoms. The minimum absolute atomic E-state index is 0.00210. The SMILES string of the molecule is CCC1CCC(NC(=O)C(CC)CC)(/C(N)=N/O)CC1. The second-order valence-corrected chi connectivity index (χ2v) is 5.92. The predicted molar refractivity (Wildman–Crippen MR) is 80.6 cm³/mol. The summed E-state index contributed by atoms with van der Waals surface area (Å²) in [6.07, 6.45) is 6.30. The van der Waals surface area contributed by atoms with Crippen molar-refractivity contribution in [2.24, 2.45) is 22.7 Å². The normalized spacial score (nSPS) is 27.6. The van der Waals surface area contributed by atoms with Crippen molar-refractivity contribution < 1.29 is 10.0 Å². The lowest BCUT2D eigenvalue weighted by Gasteiger charge is -2.40. The first-order valence-electron chi connectivity index (χ1n) is 7.82. The average Bonchev–Trinajstić information content (AvgIpc) is 2.48. The lowest BCUT2D eigenvalue weighted by molar-refractivity contribution is -0.126. The van der Waals surface area contributed by atoms with Gasteiger partial charge in [0.2, 0.25) is 5.91 Å². The van der Waals surface area contributed by atoms with Crippen molar-refractivity contribution in [2.75, 3.05) is 0 Å². The molecule has 0 spiro atoms. The summed E-state index contributed by atoms with van der Waals surface area (Å²) in [6.45, 7) is 6.21. The number of nitrogens with one attached hydrogen (secondary N) is 1. The van der Waals surface area contributed by atoms with Gasteiger partial charge in [0.1, 0.15) is 5.54 Å². The molecular formula is C15H29N3O2. The lowest BCUT2D eigenvalue weighted by atomic mass is 9.74. The number of rotatable bonds is 6. The van der Waals surface area contributed by atoms with Crippen molar-refractivity contribution in [3.05, 3.63) is 0 Å². The fourth-order valence-corrected chi connectivity index (χ4v) is 3.12. The van der Waals surface area contributed by atoms with Crippen LogP contribution in [0.4, 0.5) is 0 Å². The highest BCUT2D eigenvalue weighted by Gasteiger charge is 2.41. The van der Waals surface area contributed by atoms with Gasteiger partial charge in [-0.05, 0) is 44.4 Å². The van der Waals surface area contributed by atoms with Crippen LogP contribution in [0.1, 0.15) is 65.7 Å². The first kappa shape index (κ1) is 16.8. The molecule has 1 aliphatic rings. The van der Waals surface area contributed by atoms with Gasteiger partial charge in [0.15, 0.2) is 5.84 Å². The van der Waals surface area contributed by atoms with E-state index in [1.165, 1.54) is 0 Å². The summed E-state index contributed by atoms with van der Waals surface area (Å²) in [4.78, 5) is 12.3. The summed E-state index contributed by atoms with van der Waals surface area (Å²) >= 11 is 0. The number of amidine groups is 1. The number of nitrogens with zero attached hydrogens (tertiary/aromatic N) is 1. The lowest BCUT2D eigenvalue weighted by Crippen LogP contribution is -2.60. The molecule has 0 saturated heterocycles. The molecule has 0 aromatic heterocycles. The largest absolute Gasteiger partial charge is 0.409 e. The van der Waals surface area contributed by atoms with E-state index in [9.17, 15) is 4.79 Å². The van der Waals surface area contributed by atoms with Gasteiger partial charge in [-0.1, -0.05) is 32.3 Å². The molecule has 0 atom stereocenters. The summed E-state index contributed by atoms with van der Waals surface area (Å²) in [7, 11) is 0. The molecule has 4 N–H and O–H groups in total. The zero-order valence-electron chi connectivity index (χ0n) is 13.0. The Labute approximate surface area is 122 Å². The molecule has 116 valence electrons. The maximum atomic E-state index is 12.3. The van der Waals surface area contributed by atoms with Crippen LogP contribution in [0.25, 0.3) is 0 Å². The molecule has 1 saturated carbocycles. The smallest absolute Gasteiger partial charge is 0.223 e.